The number of piperazine rings is 1. The van der Waals surface area contributed by atoms with Crippen LogP contribution in [0.1, 0.15) is 83.9 Å². The minimum absolute atomic E-state index is 0.0822. The third-order valence-corrected chi connectivity index (χ3v) is 8.56. The zero-order valence-corrected chi connectivity index (χ0v) is 28.7. The molecule has 3 saturated heterocycles. The van der Waals surface area contributed by atoms with Gasteiger partial charge in [-0.25, -0.2) is 4.39 Å². The Morgan fingerprint density at radius 3 is 2.47 bits per heavy atom. The van der Waals surface area contributed by atoms with E-state index >= 15 is 0 Å². The average Bonchev–Trinajstić information content (AvgIpc) is 3.36. The molecule has 0 saturated carbocycles. The first-order chi connectivity index (χ1) is 21.7. The summed E-state index contributed by atoms with van der Waals surface area (Å²) in [5, 5.41) is 10.1. The van der Waals surface area contributed by atoms with Gasteiger partial charge in [0.25, 0.3) is 5.91 Å². The van der Waals surface area contributed by atoms with Gasteiger partial charge in [-0.3, -0.25) is 4.79 Å². The number of nitrogens with zero attached hydrogens (tertiary/aromatic N) is 6. The highest BCUT2D eigenvalue weighted by atomic mass is 35.5. The molecule has 0 aromatic carbocycles. The minimum atomic E-state index is -1.02. The van der Waals surface area contributed by atoms with Crippen LogP contribution < -0.4 is 9.64 Å². The quantitative estimate of drug-likeness (QED) is 0.175. The number of rotatable bonds is 12. The molecule has 45 heavy (non-hydrogen) atoms. The van der Waals surface area contributed by atoms with E-state index in [9.17, 15) is 14.4 Å². The van der Waals surface area contributed by atoms with Gasteiger partial charge in [0, 0.05) is 36.3 Å². The van der Waals surface area contributed by atoms with E-state index in [1.807, 2.05) is 37.8 Å². The fourth-order valence-electron chi connectivity index (χ4n) is 5.96. The van der Waals surface area contributed by atoms with Crippen LogP contribution in [0.4, 0.5) is 10.2 Å². The van der Waals surface area contributed by atoms with Gasteiger partial charge in [0.05, 0.1) is 31.3 Å². The number of methoxy groups -OCH3 is 1. The van der Waals surface area contributed by atoms with Gasteiger partial charge in [0.2, 0.25) is 0 Å². The maximum Gasteiger partial charge on any atom is 0.318 e. The predicted molar refractivity (Wildman–Crippen MR) is 182 cm³/mol. The van der Waals surface area contributed by atoms with E-state index in [0.29, 0.717) is 19.5 Å². The highest BCUT2D eigenvalue weighted by Crippen LogP contribution is 2.30. The Hall–Kier alpha value is -3.22. The minimum Gasteiger partial charge on any atom is -0.467 e. The van der Waals surface area contributed by atoms with Gasteiger partial charge >= 0.3 is 6.01 Å². The summed E-state index contributed by atoms with van der Waals surface area (Å²) in [6, 6.07) is 2.93. The molecular weight excluding hydrogens is 591 g/mol. The number of hydrogen-bond acceptors (Lipinski definition) is 7. The van der Waals surface area contributed by atoms with E-state index in [1.165, 1.54) is 44.4 Å². The van der Waals surface area contributed by atoms with Gasteiger partial charge in [0.1, 0.15) is 5.82 Å². The fourth-order valence-corrected chi connectivity index (χ4v) is 6.12. The molecule has 0 radical (unpaired) electrons. The fraction of sp³-hybridized carbons (Fsp3) is 0.600. The monoisotopic (exact) mass is 642 g/mol. The lowest BCUT2D eigenvalue weighted by Gasteiger charge is -2.41. The number of hydrogen-bond donors (Lipinski definition) is 0. The molecule has 4 heterocycles. The first kappa shape index (κ1) is 38.0. The van der Waals surface area contributed by atoms with Crippen LogP contribution in [0.2, 0.25) is 0 Å². The largest absolute Gasteiger partial charge is 0.467 e. The van der Waals surface area contributed by atoms with Gasteiger partial charge in [-0.1, -0.05) is 70.2 Å². The Morgan fingerprint density at radius 2 is 1.96 bits per heavy atom. The number of allylic oxidation sites excluding steroid dienone is 5. The number of nitriles is 1. The second kappa shape index (κ2) is 20.0. The molecule has 1 aromatic heterocycles. The number of amides is 1. The summed E-state index contributed by atoms with van der Waals surface area (Å²) in [4.78, 5) is 27.6. The van der Waals surface area contributed by atoms with Crippen molar-refractivity contribution >= 4 is 23.3 Å². The van der Waals surface area contributed by atoms with Crippen molar-refractivity contribution < 1.29 is 13.9 Å². The third kappa shape index (κ3) is 11.0. The number of anilines is 1. The molecule has 4 rings (SSSR count). The number of halogens is 2. The lowest BCUT2D eigenvalue weighted by atomic mass is 10.0. The van der Waals surface area contributed by atoms with Crippen molar-refractivity contribution in [3.05, 3.63) is 59.1 Å². The summed E-state index contributed by atoms with van der Waals surface area (Å²) in [6.07, 6.45) is 14.1. The molecule has 248 valence electrons. The van der Waals surface area contributed by atoms with E-state index in [0.717, 1.165) is 59.4 Å². The highest BCUT2D eigenvalue weighted by Gasteiger charge is 2.34. The van der Waals surface area contributed by atoms with E-state index in [4.69, 9.17) is 16.3 Å². The van der Waals surface area contributed by atoms with Gasteiger partial charge in [0.15, 0.2) is 5.83 Å². The van der Waals surface area contributed by atoms with Crippen molar-refractivity contribution in [1.82, 2.24) is 19.8 Å². The van der Waals surface area contributed by atoms with Crippen molar-refractivity contribution in [1.29, 1.82) is 5.26 Å². The van der Waals surface area contributed by atoms with Crippen LogP contribution in [0.5, 0.6) is 6.01 Å². The van der Waals surface area contributed by atoms with Crippen molar-refractivity contribution in [2.45, 2.75) is 97.6 Å². The molecule has 0 bridgehead atoms. The summed E-state index contributed by atoms with van der Waals surface area (Å²) in [6.45, 7) is 18.7. The average molecular weight is 643 g/mol. The van der Waals surface area contributed by atoms with Crippen LogP contribution >= 0.6 is 11.6 Å². The van der Waals surface area contributed by atoms with E-state index in [-0.39, 0.29) is 19.0 Å². The first-order valence-corrected chi connectivity index (χ1v) is 16.7. The molecule has 8 nitrogen and oxygen atoms in total. The predicted octanol–water partition coefficient (Wildman–Crippen LogP) is 7.31. The summed E-state index contributed by atoms with van der Waals surface area (Å²) >= 11 is 6.27. The van der Waals surface area contributed by atoms with Crippen molar-refractivity contribution in [3.63, 3.8) is 0 Å². The van der Waals surface area contributed by atoms with Crippen LogP contribution in [-0.4, -0.2) is 77.6 Å². The normalized spacial score (nSPS) is 19.6. The zero-order chi connectivity index (χ0) is 33.4. The van der Waals surface area contributed by atoms with Crippen molar-refractivity contribution in [2.24, 2.45) is 0 Å². The van der Waals surface area contributed by atoms with Crippen LogP contribution in [-0.2, 0) is 17.6 Å². The summed E-state index contributed by atoms with van der Waals surface area (Å²) < 4.78 is 19.0. The zero-order valence-electron chi connectivity index (χ0n) is 28.0. The Balaban J connectivity index is 0.000000666. The second-order valence-electron chi connectivity index (χ2n) is 11.2. The Bertz CT molecular complexity index is 1230. The first-order valence-electron chi connectivity index (χ1n) is 16.3. The molecule has 1 aromatic rings. The molecule has 0 aliphatic carbocycles. The molecule has 2 unspecified atom stereocenters. The Kier molecular flexibility index (Phi) is 16.9. The molecular formula is C35H52ClFN6O2. The topological polar surface area (TPSA) is 85.6 Å². The molecule has 10 heteroatoms. The van der Waals surface area contributed by atoms with Gasteiger partial charge in [-0.05, 0) is 70.5 Å². The molecule has 0 N–H and O–H groups in total. The lowest BCUT2D eigenvalue weighted by Crippen LogP contribution is -2.55. The summed E-state index contributed by atoms with van der Waals surface area (Å²) in [5.74, 6) is -1.05. The van der Waals surface area contributed by atoms with Gasteiger partial charge < -0.3 is 19.4 Å². The van der Waals surface area contributed by atoms with Crippen LogP contribution in [0, 0.1) is 11.3 Å². The maximum atomic E-state index is 13.6. The molecule has 3 fully saturated rings. The number of carbonyl (C=O) groups is 1. The molecule has 3 aliphatic heterocycles. The Morgan fingerprint density at radius 1 is 1.20 bits per heavy atom. The van der Waals surface area contributed by atoms with Gasteiger partial charge in [-0.2, -0.15) is 15.2 Å². The number of fused-ring (bicyclic) bond motifs is 1. The number of carbonyl (C=O) groups excluding carboxylic acids is 1. The number of ether oxygens (including phenoxy) is 1. The van der Waals surface area contributed by atoms with E-state index in [2.05, 4.69) is 41.0 Å². The molecule has 2 atom stereocenters. The van der Waals surface area contributed by atoms with Crippen LogP contribution in [0.3, 0.4) is 0 Å². The van der Waals surface area contributed by atoms with E-state index < -0.39 is 17.8 Å². The molecule has 3 aliphatic rings. The second-order valence-corrected chi connectivity index (χ2v) is 11.8. The van der Waals surface area contributed by atoms with Gasteiger partial charge in [-0.15, -0.1) is 0 Å². The van der Waals surface area contributed by atoms with Crippen molar-refractivity contribution in [3.8, 4) is 12.1 Å². The third-order valence-electron chi connectivity index (χ3n) is 8.32. The Labute approximate surface area is 275 Å². The molecule has 0 spiro atoms. The standard InChI is InChI=1S/C27H35ClFN5O2.C6H11N.C2H6/c1-6-8-11-21(19(3)28)12-9-13-24-23(10-7-2)25(32-27(31-24)36-5)33-16-17-34(26(35)20(4)29)22(18-33)14-15-30;1-2-6-3-5-7(6)4-1;1-2/h6,8,11,22H,1,4,7,9-10,12-14,16-18H2,2-3,5H3;6H,1-5H2;1-2H3/b11-8-,21-19-;;. The SMILES string of the molecule is C1CC2CCN2C1.C=C/C=C\C(CCCc1nc(OC)nc(N2CCN(C(=O)C(=C)F)C(CC#N)C2)c1CCC)=C(/C)Cl.CC. The number of aryl methyl sites for hydroxylation is 1. The van der Waals surface area contributed by atoms with Crippen LogP contribution in [0.25, 0.3) is 0 Å². The maximum absolute atomic E-state index is 13.6. The van der Waals surface area contributed by atoms with Crippen LogP contribution in [0.15, 0.2) is 47.8 Å². The van der Waals surface area contributed by atoms with Crippen molar-refractivity contribution in [2.75, 3.05) is 44.7 Å². The van der Waals surface area contributed by atoms with E-state index in [1.54, 1.807) is 6.08 Å². The smallest absolute Gasteiger partial charge is 0.318 e. The number of aromatic nitrogens is 2. The summed E-state index contributed by atoms with van der Waals surface area (Å²) in [5.41, 5.74) is 2.98. The molecule has 1 amide bonds. The highest BCUT2D eigenvalue weighted by molar-refractivity contribution is 6.29. The lowest BCUT2D eigenvalue weighted by molar-refractivity contribution is -0.131. The summed E-state index contributed by atoms with van der Waals surface area (Å²) in [7, 11) is 1.53.